The number of carbonyl (C=O) groups is 3. The van der Waals surface area contributed by atoms with Gasteiger partial charge in [0.25, 0.3) is 11.8 Å². The number of aliphatic carboxylic acids is 1. The highest BCUT2D eigenvalue weighted by atomic mass is 79.9. The van der Waals surface area contributed by atoms with Crippen molar-refractivity contribution in [1.82, 2.24) is 4.90 Å². The summed E-state index contributed by atoms with van der Waals surface area (Å²) in [6, 6.07) is -1.24. The summed E-state index contributed by atoms with van der Waals surface area (Å²) >= 11 is 13.1. The van der Waals surface area contributed by atoms with E-state index in [1.165, 1.54) is 6.92 Å². The Bertz CT molecular complexity index is 626. The zero-order valence-corrected chi connectivity index (χ0v) is 16.1. The van der Waals surface area contributed by atoms with Gasteiger partial charge in [-0.05, 0) is 70.6 Å². The topological polar surface area (TPSA) is 74.7 Å². The Labute approximate surface area is 147 Å². The van der Waals surface area contributed by atoms with Gasteiger partial charge in [-0.2, -0.15) is 0 Å². The van der Waals surface area contributed by atoms with E-state index in [9.17, 15) is 14.4 Å². The van der Waals surface area contributed by atoms with Crippen molar-refractivity contribution in [1.29, 1.82) is 0 Å². The summed E-state index contributed by atoms with van der Waals surface area (Å²) in [5.74, 6) is -2.52. The van der Waals surface area contributed by atoms with Gasteiger partial charge in [0.2, 0.25) is 0 Å². The lowest BCUT2D eigenvalue weighted by atomic mass is 10.1. The maximum absolute atomic E-state index is 12.3. The van der Waals surface area contributed by atoms with E-state index in [2.05, 4.69) is 63.7 Å². The average Bonchev–Trinajstić information content (AvgIpc) is 2.64. The molecule has 1 N–H and O–H groups in total. The molecule has 5 nitrogen and oxygen atoms in total. The molecule has 0 saturated carbocycles. The van der Waals surface area contributed by atoms with Crippen molar-refractivity contribution in [3.63, 3.8) is 0 Å². The first kappa shape index (κ1) is 16.1. The Morgan fingerprint density at radius 1 is 0.950 bits per heavy atom. The first-order valence-electron chi connectivity index (χ1n) is 5.16. The van der Waals surface area contributed by atoms with Crippen molar-refractivity contribution in [2.24, 2.45) is 0 Å². The van der Waals surface area contributed by atoms with Gasteiger partial charge < -0.3 is 5.11 Å². The minimum Gasteiger partial charge on any atom is -0.480 e. The highest BCUT2D eigenvalue weighted by molar-refractivity contribution is 9.15. The summed E-state index contributed by atoms with van der Waals surface area (Å²) in [5.41, 5.74) is 0.287. The van der Waals surface area contributed by atoms with Gasteiger partial charge in [0.1, 0.15) is 6.04 Å². The van der Waals surface area contributed by atoms with Crippen LogP contribution in [-0.4, -0.2) is 33.8 Å². The van der Waals surface area contributed by atoms with Crippen molar-refractivity contribution in [2.75, 3.05) is 0 Å². The van der Waals surface area contributed by atoms with Gasteiger partial charge in [0.15, 0.2) is 0 Å². The Hall–Kier alpha value is -0.250. The molecular weight excluding hydrogens is 530 g/mol. The fraction of sp³-hybridized carbons (Fsp3) is 0.182. The van der Waals surface area contributed by atoms with Gasteiger partial charge >= 0.3 is 5.97 Å². The fourth-order valence-corrected chi connectivity index (χ4v) is 4.29. The summed E-state index contributed by atoms with van der Waals surface area (Å²) in [6.07, 6.45) is 0. The molecule has 0 saturated heterocycles. The van der Waals surface area contributed by atoms with Crippen LogP contribution in [0.5, 0.6) is 0 Å². The molecule has 0 fully saturated rings. The molecule has 9 heteroatoms. The first-order valence-corrected chi connectivity index (χ1v) is 8.34. The molecule has 0 aliphatic carbocycles. The molecule has 106 valence electrons. The average molecular weight is 535 g/mol. The smallest absolute Gasteiger partial charge is 0.326 e. The zero-order valence-electron chi connectivity index (χ0n) is 9.71. The van der Waals surface area contributed by atoms with E-state index >= 15 is 0 Å². The third-order valence-corrected chi connectivity index (χ3v) is 7.65. The summed E-state index contributed by atoms with van der Waals surface area (Å²) < 4.78 is 1.94. The van der Waals surface area contributed by atoms with Gasteiger partial charge in [-0.15, -0.1) is 0 Å². The number of amides is 2. The molecule has 0 unspecified atom stereocenters. The molecule has 0 bridgehead atoms. The molecule has 1 atom stereocenters. The van der Waals surface area contributed by atoms with E-state index in [1.807, 2.05) is 0 Å². The number of fused-ring (bicyclic) bond motifs is 1. The predicted molar refractivity (Wildman–Crippen MR) is 84.8 cm³/mol. The van der Waals surface area contributed by atoms with E-state index in [1.54, 1.807) is 0 Å². The number of rotatable bonds is 2. The number of imide groups is 1. The largest absolute Gasteiger partial charge is 0.480 e. The highest BCUT2D eigenvalue weighted by Gasteiger charge is 2.44. The van der Waals surface area contributed by atoms with Crippen LogP contribution in [0.3, 0.4) is 0 Å². The second kappa shape index (κ2) is 5.51. The van der Waals surface area contributed by atoms with Crippen molar-refractivity contribution in [3.05, 3.63) is 29.0 Å². The van der Waals surface area contributed by atoms with Crippen LogP contribution >= 0.6 is 63.7 Å². The SMILES string of the molecule is C[C@H](C(=O)O)N1C(=O)c2c(Br)c(Br)c(Br)c(Br)c2C1=O. The van der Waals surface area contributed by atoms with E-state index in [-0.39, 0.29) is 11.1 Å². The number of nitrogens with zero attached hydrogens (tertiary/aromatic N) is 1. The lowest BCUT2D eigenvalue weighted by Crippen LogP contribution is -2.42. The lowest BCUT2D eigenvalue weighted by molar-refractivity contribution is -0.140. The predicted octanol–water partition coefficient (Wildman–Crippen LogP) is 3.81. The van der Waals surface area contributed by atoms with E-state index in [0.29, 0.717) is 17.9 Å². The maximum atomic E-state index is 12.3. The third kappa shape index (κ3) is 2.18. The number of carbonyl (C=O) groups excluding carboxylic acids is 2. The number of carboxylic acids is 1. The number of benzene rings is 1. The monoisotopic (exact) mass is 531 g/mol. The molecule has 1 heterocycles. The first-order chi connectivity index (χ1) is 9.20. The summed E-state index contributed by atoms with van der Waals surface area (Å²) in [5, 5.41) is 9.02. The van der Waals surface area contributed by atoms with Crippen molar-refractivity contribution in [3.8, 4) is 0 Å². The molecule has 0 aromatic heterocycles. The van der Waals surface area contributed by atoms with Crippen LogP contribution < -0.4 is 0 Å². The molecule has 2 rings (SSSR count). The lowest BCUT2D eigenvalue weighted by Gasteiger charge is -2.18. The molecule has 1 aliphatic rings. The van der Waals surface area contributed by atoms with Crippen LogP contribution in [0.15, 0.2) is 17.9 Å². The summed E-state index contributed by atoms with van der Waals surface area (Å²) in [6.45, 7) is 1.29. The minimum absolute atomic E-state index is 0.144. The molecular formula is C11H5Br4NO4. The maximum Gasteiger partial charge on any atom is 0.326 e. The van der Waals surface area contributed by atoms with E-state index < -0.39 is 23.8 Å². The number of hydrogen-bond acceptors (Lipinski definition) is 3. The molecule has 0 spiro atoms. The molecule has 20 heavy (non-hydrogen) atoms. The third-order valence-electron chi connectivity index (χ3n) is 2.88. The summed E-state index contributed by atoms with van der Waals surface area (Å²) in [7, 11) is 0. The van der Waals surface area contributed by atoms with Gasteiger partial charge in [-0.1, -0.05) is 0 Å². The molecule has 1 aliphatic heterocycles. The van der Waals surface area contributed by atoms with Gasteiger partial charge in [-0.25, -0.2) is 4.79 Å². The second-order valence-electron chi connectivity index (χ2n) is 4.00. The number of carboxylic acid groups (broad SMARTS) is 1. The van der Waals surface area contributed by atoms with Gasteiger partial charge in [0, 0.05) is 17.9 Å². The molecule has 1 aromatic carbocycles. The van der Waals surface area contributed by atoms with E-state index in [4.69, 9.17) is 5.11 Å². The van der Waals surface area contributed by atoms with Gasteiger partial charge in [0.05, 0.1) is 11.1 Å². The quantitative estimate of drug-likeness (QED) is 0.356. The number of halogens is 4. The van der Waals surface area contributed by atoms with Crippen molar-refractivity contribution < 1.29 is 19.5 Å². The number of hydrogen-bond donors (Lipinski definition) is 1. The highest BCUT2D eigenvalue weighted by Crippen LogP contribution is 2.45. The van der Waals surface area contributed by atoms with Crippen LogP contribution in [0, 0.1) is 0 Å². The van der Waals surface area contributed by atoms with E-state index in [0.717, 1.165) is 4.90 Å². The zero-order chi connectivity index (χ0) is 15.4. The van der Waals surface area contributed by atoms with Crippen LogP contribution in [0.25, 0.3) is 0 Å². The second-order valence-corrected chi connectivity index (χ2v) is 7.17. The minimum atomic E-state index is -1.25. The van der Waals surface area contributed by atoms with Crippen LogP contribution in [0.4, 0.5) is 0 Å². The van der Waals surface area contributed by atoms with Gasteiger partial charge in [-0.3, -0.25) is 14.5 Å². The Kier molecular flexibility index (Phi) is 4.44. The summed E-state index contributed by atoms with van der Waals surface area (Å²) in [4.78, 5) is 36.5. The molecule has 0 radical (unpaired) electrons. The van der Waals surface area contributed by atoms with Crippen molar-refractivity contribution >= 4 is 81.5 Å². The van der Waals surface area contributed by atoms with Crippen LogP contribution in [0.1, 0.15) is 27.6 Å². The Morgan fingerprint density at radius 3 is 1.60 bits per heavy atom. The Balaban J connectivity index is 2.73. The van der Waals surface area contributed by atoms with Crippen molar-refractivity contribution in [2.45, 2.75) is 13.0 Å². The fourth-order valence-electron chi connectivity index (χ4n) is 1.83. The molecule has 2 amide bonds. The standard InChI is InChI=1S/C11H5Br4NO4/c1-2(11(19)20)16-9(17)3-4(10(16)18)6(13)8(15)7(14)5(3)12/h2H,1H3,(H,19,20)/t2-/m1/s1. The van der Waals surface area contributed by atoms with Crippen LogP contribution in [-0.2, 0) is 4.79 Å². The van der Waals surface area contributed by atoms with Crippen LogP contribution in [0.2, 0.25) is 0 Å². The Morgan fingerprint density at radius 2 is 1.30 bits per heavy atom. The normalized spacial score (nSPS) is 15.6. The molecule has 1 aromatic rings.